The van der Waals surface area contributed by atoms with E-state index in [1.807, 2.05) is 20.8 Å². The quantitative estimate of drug-likeness (QED) is 0.612. The van der Waals surface area contributed by atoms with E-state index in [1.54, 1.807) is 13.1 Å². The molecule has 3 heteroatoms. The molecule has 70 valence electrons. The van der Waals surface area contributed by atoms with E-state index in [0.717, 1.165) is 5.69 Å². The first-order valence-corrected chi connectivity index (χ1v) is 4.16. The van der Waals surface area contributed by atoms with Crippen molar-refractivity contribution in [2.75, 3.05) is 0 Å². The summed E-state index contributed by atoms with van der Waals surface area (Å²) in [6, 6.07) is 1.74. The Hall–Kier alpha value is -1.12. The van der Waals surface area contributed by atoms with Gasteiger partial charge in [-0.15, -0.1) is 0 Å². The Morgan fingerprint density at radius 1 is 1.54 bits per heavy atom. The Morgan fingerprint density at radius 3 is 2.31 bits per heavy atom. The van der Waals surface area contributed by atoms with Crippen molar-refractivity contribution in [2.24, 2.45) is 7.05 Å². The second kappa shape index (κ2) is 2.98. The lowest BCUT2D eigenvalue weighted by Gasteiger charge is -2.13. The van der Waals surface area contributed by atoms with E-state index >= 15 is 0 Å². The minimum Gasteiger partial charge on any atom is -0.292 e. The molecular weight excluding hydrogens is 164 g/mol. The molecule has 13 heavy (non-hydrogen) atoms. The zero-order chi connectivity index (χ0) is 10.2. The van der Waals surface area contributed by atoms with Crippen molar-refractivity contribution in [2.45, 2.75) is 26.2 Å². The zero-order valence-corrected chi connectivity index (χ0v) is 8.46. The fourth-order valence-corrected chi connectivity index (χ4v) is 1.06. The molecule has 0 bridgehead atoms. The van der Waals surface area contributed by atoms with Crippen LogP contribution in [-0.4, -0.2) is 15.6 Å². The van der Waals surface area contributed by atoms with Gasteiger partial charge in [0.15, 0.2) is 5.78 Å². The van der Waals surface area contributed by atoms with E-state index < -0.39 is 5.78 Å². The number of hydrogen-bond acceptors (Lipinski definition) is 2. The lowest BCUT2D eigenvalue weighted by molar-refractivity contribution is 0.103. The SMILES string of the molecule is [CH]C(=O)c1cc(C(C)(C)C)nn1C. The average Bonchev–Trinajstić information content (AvgIpc) is 2.29. The molecule has 0 unspecified atom stereocenters. The summed E-state index contributed by atoms with van der Waals surface area (Å²) < 4.78 is 1.52. The van der Waals surface area contributed by atoms with Gasteiger partial charge in [-0.1, -0.05) is 20.8 Å². The molecular formula is C10H14N2O. The number of ketones is 1. The molecule has 0 aliphatic carbocycles. The molecule has 1 aromatic heterocycles. The van der Waals surface area contributed by atoms with Crippen LogP contribution >= 0.6 is 0 Å². The topological polar surface area (TPSA) is 34.9 Å². The van der Waals surface area contributed by atoms with Gasteiger partial charge in [0.1, 0.15) is 5.69 Å². The van der Waals surface area contributed by atoms with Gasteiger partial charge in [0.25, 0.3) is 0 Å². The van der Waals surface area contributed by atoms with Crippen molar-refractivity contribution < 1.29 is 4.79 Å². The van der Waals surface area contributed by atoms with Crippen molar-refractivity contribution in [1.82, 2.24) is 9.78 Å². The Balaban J connectivity index is 3.17. The molecule has 0 amide bonds. The van der Waals surface area contributed by atoms with Crippen LogP contribution in [0.2, 0.25) is 0 Å². The summed E-state index contributed by atoms with van der Waals surface area (Å²) >= 11 is 0. The summed E-state index contributed by atoms with van der Waals surface area (Å²) in [5, 5.41) is 4.22. The van der Waals surface area contributed by atoms with Gasteiger partial charge in [-0.2, -0.15) is 5.10 Å². The highest BCUT2D eigenvalue weighted by atomic mass is 16.1. The third-order valence-electron chi connectivity index (χ3n) is 1.90. The predicted octanol–water partition coefficient (Wildman–Crippen LogP) is 1.61. The van der Waals surface area contributed by atoms with Crippen LogP contribution < -0.4 is 0 Å². The maximum absolute atomic E-state index is 10.9. The van der Waals surface area contributed by atoms with Crippen molar-refractivity contribution in [3.63, 3.8) is 0 Å². The van der Waals surface area contributed by atoms with Gasteiger partial charge >= 0.3 is 0 Å². The Kier molecular flexibility index (Phi) is 2.28. The molecule has 3 nitrogen and oxygen atoms in total. The van der Waals surface area contributed by atoms with Crippen LogP contribution in [0.3, 0.4) is 0 Å². The van der Waals surface area contributed by atoms with Crippen molar-refractivity contribution in [1.29, 1.82) is 0 Å². The van der Waals surface area contributed by atoms with E-state index in [1.165, 1.54) is 4.68 Å². The molecule has 0 saturated carbocycles. The molecule has 0 aromatic carbocycles. The largest absolute Gasteiger partial charge is 0.292 e. The highest BCUT2D eigenvalue weighted by Gasteiger charge is 2.19. The number of rotatable bonds is 1. The fraction of sp³-hybridized carbons (Fsp3) is 0.500. The van der Waals surface area contributed by atoms with Crippen LogP contribution in [-0.2, 0) is 12.5 Å². The number of Topliss-reactive ketones (excluding diaryl/α,β-unsaturated/α-hetero) is 1. The fourth-order valence-electron chi connectivity index (χ4n) is 1.06. The number of carbonyl (C=O) groups excluding carboxylic acids is 1. The second-order valence-corrected chi connectivity index (χ2v) is 4.15. The lowest BCUT2D eigenvalue weighted by atomic mass is 9.92. The molecule has 1 aromatic rings. The molecule has 1 heterocycles. The number of aromatic nitrogens is 2. The second-order valence-electron chi connectivity index (χ2n) is 4.15. The van der Waals surface area contributed by atoms with Crippen LogP contribution in [0.15, 0.2) is 6.07 Å². The minimum atomic E-state index is -0.439. The average molecular weight is 178 g/mol. The van der Waals surface area contributed by atoms with Gasteiger partial charge in [-0.05, 0) is 6.07 Å². The van der Waals surface area contributed by atoms with Crippen LogP contribution in [0.25, 0.3) is 0 Å². The van der Waals surface area contributed by atoms with E-state index in [2.05, 4.69) is 5.10 Å². The highest BCUT2D eigenvalue weighted by Crippen LogP contribution is 2.21. The monoisotopic (exact) mass is 178 g/mol. The van der Waals surface area contributed by atoms with Crippen LogP contribution in [0, 0.1) is 6.92 Å². The summed E-state index contributed by atoms with van der Waals surface area (Å²) in [7, 11) is 1.72. The predicted molar refractivity (Wildman–Crippen MR) is 50.5 cm³/mol. The maximum atomic E-state index is 10.9. The third kappa shape index (κ3) is 1.97. The summed E-state index contributed by atoms with van der Waals surface area (Å²) in [6.45, 7) is 11.3. The Bertz CT molecular complexity index is 331. The van der Waals surface area contributed by atoms with E-state index in [4.69, 9.17) is 6.92 Å². The normalized spacial score (nSPS) is 11.8. The first-order chi connectivity index (χ1) is 5.82. The van der Waals surface area contributed by atoms with Crippen LogP contribution in [0.1, 0.15) is 37.0 Å². The van der Waals surface area contributed by atoms with Crippen molar-refractivity contribution in [3.8, 4) is 0 Å². The molecule has 2 radical (unpaired) electrons. The third-order valence-corrected chi connectivity index (χ3v) is 1.90. The Labute approximate surface area is 78.8 Å². The van der Waals surface area contributed by atoms with Crippen molar-refractivity contribution >= 4 is 5.78 Å². The van der Waals surface area contributed by atoms with Gasteiger partial charge in [0, 0.05) is 19.4 Å². The van der Waals surface area contributed by atoms with Crippen LogP contribution in [0.4, 0.5) is 0 Å². The number of nitrogens with zero attached hydrogens (tertiary/aromatic N) is 2. The maximum Gasteiger partial charge on any atom is 0.185 e. The van der Waals surface area contributed by atoms with E-state index in [-0.39, 0.29) is 5.41 Å². The first-order valence-electron chi connectivity index (χ1n) is 4.16. The summed E-state index contributed by atoms with van der Waals surface area (Å²) in [6.07, 6.45) is 0. The van der Waals surface area contributed by atoms with E-state index in [9.17, 15) is 4.79 Å². The summed E-state index contributed by atoms with van der Waals surface area (Å²) in [5.41, 5.74) is 1.28. The molecule has 0 aliphatic rings. The number of aryl methyl sites for hydroxylation is 1. The van der Waals surface area contributed by atoms with E-state index in [0.29, 0.717) is 5.69 Å². The smallest absolute Gasteiger partial charge is 0.185 e. The first kappa shape index (κ1) is 9.96. The molecule has 0 N–H and O–H groups in total. The zero-order valence-electron chi connectivity index (χ0n) is 8.46. The van der Waals surface area contributed by atoms with Crippen LogP contribution in [0.5, 0.6) is 0 Å². The number of carbonyl (C=O) groups is 1. The molecule has 0 saturated heterocycles. The van der Waals surface area contributed by atoms with Gasteiger partial charge in [0.2, 0.25) is 0 Å². The standard InChI is InChI=1S/C10H14N2O/c1-7(13)8-6-9(10(2,3)4)11-12(8)5/h1,6H,2-5H3. The van der Waals surface area contributed by atoms with Gasteiger partial charge < -0.3 is 0 Å². The molecule has 0 atom stereocenters. The molecule has 0 spiro atoms. The van der Waals surface area contributed by atoms with Gasteiger partial charge in [-0.3, -0.25) is 9.48 Å². The lowest BCUT2D eigenvalue weighted by Crippen LogP contribution is -2.12. The van der Waals surface area contributed by atoms with Gasteiger partial charge in [-0.25, -0.2) is 0 Å². The van der Waals surface area contributed by atoms with Crippen molar-refractivity contribution in [3.05, 3.63) is 24.4 Å². The summed E-state index contributed by atoms with van der Waals surface area (Å²) in [5.74, 6) is -0.439. The summed E-state index contributed by atoms with van der Waals surface area (Å²) in [4.78, 5) is 10.9. The molecule has 0 aliphatic heterocycles. The minimum absolute atomic E-state index is 0.0501. The molecule has 0 fully saturated rings. The Morgan fingerprint density at radius 2 is 2.08 bits per heavy atom. The number of hydrogen-bond donors (Lipinski definition) is 0. The van der Waals surface area contributed by atoms with Gasteiger partial charge in [0.05, 0.1) is 5.69 Å². The highest BCUT2D eigenvalue weighted by molar-refractivity contribution is 5.97. The molecule has 1 rings (SSSR count).